The summed E-state index contributed by atoms with van der Waals surface area (Å²) in [5, 5.41) is 12.9. The molecule has 2 rings (SSSR count). The van der Waals surface area contributed by atoms with Gasteiger partial charge in [0.2, 0.25) is 5.91 Å². The molecule has 0 aromatic heterocycles. The molecule has 0 aromatic carbocycles. The fraction of sp³-hybridized carbons (Fsp3) is 0.588. The van der Waals surface area contributed by atoms with Crippen LogP contribution in [0, 0.1) is 0 Å². The van der Waals surface area contributed by atoms with Crippen molar-refractivity contribution in [2.45, 2.75) is 51.2 Å². The van der Waals surface area contributed by atoms with Gasteiger partial charge < -0.3 is 15.2 Å². The average Bonchev–Trinajstić information content (AvgIpc) is 2.42. The monoisotopic (exact) mass is 291 g/mol. The molecule has 116 valence electrons. The summed E-state index contributed by atoms with van der Waals surface area (Å²) in [5.41, 5.74) is 1.39. The molecule has 1 atom stereocenters. The highest BCUT2D eigenvalue weighted by Crippen LogP contribution is 2.24. The number of hydrogen-bond acceptors (Lipinski definition) is 3. The van der Waals surface area contributed by atoms with Crippen molar-refractivity contribution < 1.29 is 14.6 Å². The molecule has 2 heterocycles. The minimum absolute atomic E-state index is 0.0251. The van der Waals surface area contributed by atoms with Crippen LogP contribution in [0.3, 0.4) is 0 Å². The van der Waals surface area contributed by atoms with Crippen LogP contribution in [0.1, 0.15) is 39.5 Å². The van der Waals surface area contributed by atoms with Gasteiger partial charge >= 0.3 is 0 Å². The Morgan fingerprint density at radius 3 is 2.81 bits per heavy atom. The summed E-state index contributed by atoms with van der Waals surface area (Å²) in [4.78, 5) is 12.0. The van der Waals surface area contributed by atoms with E-state index >= 15 is 0 Å². The SMILES string of the molecule is C/C=C\CCC1=C(C)C(=O)NC(/C=C\CC2(O)COC2)C1. The van der Waals surface area contributed by atoms with Crippen LogP contribution >= 0.6 is 0 Å². The molecule has 2 N–H and O–H groups in total. The number of carbonyl (C=O) groups excluding carboxylic acids is 1. The van der Waals surface area contributed by atoms with Gasteiger partial charge in [0.15, 0.2) is 0 Å². The quantitative estimate of drug-likeness (QED) is 0.738. The summed E-state index contributed by atoms with van der Waals surface area (Å²) >= 11 is 0. The second-order valence-electron chi connectivity index (χ2n) is 5.97. The first kappa shape index (κ1) is 16.0. The van der Waals surface area contributed by atoms with Crippen LogP contribution in [0.4, 0.5) is 0 Å². The zero-order chi connectivity index (χ0) is 15.3. The van der Waals surface area contributed by atoms with Crippen LogP contribution in [-0.4, -0.2) is 35.9 Å². The molecule has 0 aliphatic carbocycles. The van der Waals surface area contributed by atoms with Crippen LogP contribution in [0.25, 0.3) is 0 Å². The Balaban J connectivity index is 1.90. The Labute approximate surface area is 126 Å². The van der Waals surface area contributed by atoms with Crippen LogP contribution in [-0.2, 0) is 9.53 Å². The van der Waals surface area contributed by atoms with Gasteiger partial charge in [-0.2, -0.15) is 0 Å². The second kappa shape index (κ2) is 7.05. The Bertz CT molecular complexity index is 472. The van der Waals surface area contributed by atoms with Crippen LogP contribution < -0.4 is 5.32 Å². The molecule has 21 heavy (non-hydrogen) atoms. The average molecular weight is 291 g/mol. The summed E-state index contributed by atoms with van der Waals surface area (Å²) in [6, 6.07) is 0.0337. The van der Waals surface area contributed by atoms with Crippen molar-refractivity contribution in [1.29, 1.82) is 0 Å². The fourth-order valence-electron chi connectivity index (χ4n) is 2.64. The second-order valence-corrected chi connectivity index (χ2v) is 5.97. The van der Waals surface area contributed by atoms with Gasteiger partial charge in [-0.25, -0.2) is 0 Å². The molecule has 4 nitrogen and oxygen atoms in total. The van der Waals surface area contributed by atoms with Gasteiger partial charge in [-0.15, -0.1) is 0 Å². The fourth-order valence-corrected chi connectivity index (χ4v) is 2.64. The van der Waals surface area contributed by atoms with E-state index in [1.807, 2.05) is 32.1 Å². The van der Waals surface area contributed by atoms with Crippen molar-refractivity contribution in [3.8, 4) is 0 Å². The standard InChI is InChI=1S/C17H25NO3/c1-3-4-5-7-14-10-15(18-16(19)13(14)2)8-6-9-17(20)11-21-12-17/h3-4,6,8,15,20H,5,7,9-12H2,1-2H3,(H,18,19)/b4-3-,8-6-. The van der Waals surface area contributed by atoms with Gasteiger partial charge in [-0.05, 0) is 39.5 Å². The van der Waals surface area contributed by atoms with Gasteiger partial charge in [0.1, 0.15) is 5.60 Å². The van der Waals surface area contributed by atoms with Crippen LogP contribution in [0.15, 0.2) is 35.5 Å². The van der Waals surface area contributed by atoms with E-state index in [4.69, 9.17) is 4.74 Å². The van der Waals surface area contributed by atoms with Crippen molar-refractivity contribution in [1.82, 2.24) is 5.32 Å². The third-order valence-corrected chi connectivity index (χ3v) is 4.11. The zero-order valence-corrected chi connectivity index (χ0v) is 12.9. The summed E-state index contributed by atoms with van der Waals surface area (Å²) in [6.07, 6.45) is 11.5. The highest BCUT2D eigenvalue weighted by atomic mass is 16.5. The van der Waals surface area contributed by atoms with E-state index in [-0.39, 0.29) is 11.9 Å². The van der Waals surface area contributed by atoms with E-state index in [9.17, 15) is 9.90 Å². The normalized spacial score (nSPS) is 25.5. The lowest BCUT2D eigenvalue weighted by Crippen LogP contribution is -2.49. The minimum atomic E-state index is -0.699. The summed E-state index contributed by atoms with van der Waals surface area (Å²) in [6.45, 7) is 4.72. The van der Waals surface area contributed by atoms with E-state index in [0.717, 1.165) is 24.8 Å². The van der Waals surface area contributed by atoms with Gasteiger partial charge in [0.05, 0.1) is 19.3 Å². The lowest BCUT2D eigenvalue weighted by Gasteiger charge is -2.35. The molecule has 0 bridgehead atoms. The first-order chi connectivity index (χ1) is 10.0. The van der Waals surface area contributed by atoms with Crippen molar-refractivity contribution in [2.24, 2.45) is 0 Å². The molecule has 4 heteroatoms. The van der Waals surface area contributed by atoms with E-state index in [1.165, 1.54) is 5.57 Å². The maximum atomic E-state index is 12.0. The van der Waals surface area contributed by atoms with Gasteiger partial charge in [0, 0.05) is 5.57 Å². The third-order valence-electron chi connectivity index (χ3n) is 4.11. The molecule has 2 aliphatic heterocycles. The highest BCUT2D eigenvalue weighted by molar-refractivity contribution is 5.95. The van der Waals surface area contributed by atoms with E-state index < -0.39 is 5.60 Å². The van der Waals surface area contributed by atoms with E-state index in [0.29, 0.717) is 19.6 Å². The number of aliphatic hydroxyl groups is 1. The Morgan fingerprint density at radius 2 is 2.19 bits per heavy atom. The minimum Gasteiger partial charge on any atom is -0.385 e. The largest absolute Gasteiger partial charge is 0.385 e. The topological polar surface area (TPSA) is 58.6 Å². The number of ether oxygens (including phenoxy) is 1. The molecule has 1 amide bonds. The molecular weight excluding hydrogens is 266 g/mol. The maximum absolute atomic E-state index is 12.0. The number of allylic oxidation sites excluding steroid dienone is 2. The zero-order valence-electron chi connectivity index (χ0n) is 12.9. The van der Waals surface area contributed by atoms with E-state index in [1.54, 1.807) is 0 Å². The van der Waals surface area contributed by atoms with Crippen molar-refractivity contribution in [3.05, 3.63) is 35.5 Å². The number of rotatable bonds is 6. The first-order valence-corrected chi connectivity index (χ1v) is 7.61. The van der Waals surface area contributed by atoms with E-state index in [2.05, 4.69) is 11.4 Å². The maximum Gasteiger partial charge on any atom is 0.247 e. The molecule has 0 spiro atoms. The lowest BCUT2D eigenvalue weighted by atomic mass is 9.91. The summed E-state index contributed by atoms with van der Waals surface area (Å²) in [5.74, 6) is 0.0251. The Hall–Kier alpha value is -1.39. The van der Waals surface area contributed by atoms with Crippen molar-refractivity contribution >= 4 is 5.91 Å². The first-order valence-electron chi connectivity index (χ1n) is 7.61. The lowest BCUT2D eigenvalue weighted by molar-refractivity contribution is -0.175. The molecule has 0 aromatic rings. The molecular formula is C17H25NO3. The predicted octanol–water partition coefficient (Wildman–Crippen LogP) is 2.26. The third kappa shape index (κ3) is 4.29. The number of nitrogens with one attached hydrogen (secondary N) is 1. The molecule has 1 fully saturated rings. The number of hydrogen-bond donors (Lipinski definition) is 2. The van der Waals surface area contributed by atoms with Crippen molar-refractivity contribution in [3.63, 3.8) is 0 Å². The summed E-state index contributed by atoms with van der Waals surface area (Å²) < 4.78 is 5.02. The highest BCUT2D eigenvalue weighted by Gasteiger charge is 2.34. The number of carbonyl (C=O) groups is 1. The van der Waals surface area contributed by atoms with Crippen LogP contribution in [0.2, 0.25) is 0 Å². The molecule has 2 aliphatic rings. The smallest absolute Gasteiger partial charge is 0.247 e. The Morgan fingerprint density at radius 1 is 1.43 bits per heavy atom. The van der Waals surface area contributed by atoms with Gasteiger partial charge in [-0.3, -0.25) is 4.79 Å². The molecule has 1 saturated heterocycles. The molecule has 0 saturated carbocycles. The van der Waals surface area contributed by atoms with Crippen molar-refractivity contribution in [2.75, 3.05) is 13.2 Å². The summed E-state index contributed by atoms with van der Waals surface area (Å²) in [7, 11) is 0. The predicted molar refractivity (Wildman–Crippen MR) is 82.8 cm³/mol. The number of amides is 1. The van der Waals surface area contributed by atoms with Crippen LogP contribution in [0.5, 0.6) is 0 Å². The Kier molecular flexibility index (Phi) is 5.37. The van der Waals surface area contributed by atoms with Gasteiger partial charge in [-0.1, -0.05) is 29.9 Å². The molecule has 1 unspecified atom stereocenters. The molecule has 0 radical (unpaired) electrons. The van der Waals surface area contributed by atoms with Gasteiger partial charge in [0.25, 0.3) is 0 Å².